The number of nitrogens with two attached hydrogens (primary N) is 1. The Bertz CT molecular complexity index is 404. The molecule has 80 valence electrons. The quantitative estimate of drug-likeness (QED) is 0.855. The molecule has 3 heteroatoms. The number of benzene rings is 1. The van der Waals surface area contributed by atoms with Crippen LogP contribution >= 0.6 is 15.9 Å². The van der Waals surface area contributed by atoms with Gasteiger partial charge in [-0.25, -0.2) is 0 Å². The number of rotatable bonds is 3. The van der Waals surface area contributed by atoms with Gasteiger partial charge < -0.3 is 10.5 Å². The third kappa shape index (κ3) is 3.26. The van der Waals surface area contributed by atoms with E-state index in [-0.39, 0.29) is 0 Å². The number of aryl methyl sites for hydroxylation is 1. The lowest BCUT2D eigenvalue weighted by molar-refractivity contribution is 0.363. The Labute approximate surface area is 98.9 Å². The van der Waals surface area contributed by atoms with Crippen molar-refractivity contribution in [2.45, 2.75) is 20.4 Å². The van der Waals surface area contributed by atoms with Crippen LogP contribution in [-0.2, 0) is 6.54 Å². The molecule has 1 rings (SSSR count). The van der Waals surface area contributed by atoms with E-state index in [0.29, 0.717) is 13.2 Å². The maximum absolute atomic E-state index is 5.66. The molecule has 0 radical (unpaired) electrons. The van der Waals surface area contributed by atoms with E-state index >= 15 is 0 Å². The van der Waals surface area contributed by atoms with Crippen LogP contribution in [0, 0.1) is 18.8 Å². The summed E-state index contributed by atoms with van der Waals surface area (Å²) in [5.41, 5.74) is 7.73. The van der Waals surface area contributed by atoms with Crippen molar-refractivity contribution in [3.05, 3.63) is 27.7 Å². The average Bonchev–Trinajstić information content (AvgIpc) is 2.20. The number of hydrogen-bond acceptors (Lipinski definition) is 2. The second kappa shape index (κ2) is 5.79. The zero-order valence-corrected chi connectivity index (χ0v) is 10.5. The van der Waals surface area contributed by atoms with Crippen LogP contribution in [0.1, 0.15) is 18.1 Å². The van der Waals surface area contributed by atoms with E-state index < -0.39 is 0 Å². The Balaban J connectivity index is 2.96. The van der Waals surface area contributed by atoms with Gasteiger partial charge in [0.2, 0.25) is 0 Å². The highest BCUT2D eigenvalue weighted by atomic mass is 79.9. The molecule has 0 aliphatic heterocycles. The monoisotopic (exact) mass is 267 g/mol. The van der Waals surface area contributed by atoms with Crippen LogP contribution < -0.4 is 10.5 Å². The van der Waals surface area contributed by atoms with Gasteiger partial charge in [-0.15, -0.1) is 5.92 Å². The molecule has 0 fully saturated rings. The van der Waals surface area contributed by atoms with Crippen molar-refractivity contribution in [2.24, 2.45) is 5.73 Å². The Morgan fingerprint density at radius 3 is 2.80 bits per heavy atom. The highest BCUT2D eigenvalue weighted by molar-refractivity contribution is 9.10. The van der Waals surface area contributed by atoms with Gasteiger partial charge in [0.1, 0.15) is 12.4 Å². The van der Waals surface area contributed by atoms with Crippen molar-refractivity contribution in [1.29, 1.82) is 0 Å². The second-order valence-corrected chi connectivity index (χ2v) is 4.05. The first kappa shape index (κ1) is 12.1. The van der Waals surface area contributed by atoms with Gasteiger partial charge in [-0.1, -0.05) is 21.9 Å². The fraction of sp³-hybridized carbons (Fsp3) is 0.333. The summed E-state index contributed by atoms with van der Waals surface area (Å²) in [5.74, 6) is 6.51. The smallest absolute Gasteiger partial charge is 0.149 e. The van der Waals surface area contributed by atoms with Crippen molar-refractivity contribution in [1.82, 2.24) is 0 Å². The minimum absolute atomic E-state index is 0.409. The van der Waals surface area contributed by atoms with Gasteiger partial charge in [0.15, 0.2) is 0 Å². The Morgan fingerprint density at radius 1 is 1.47 bits per heavy atom. The van der Waals surface area contributed by atoms with Gasteiger partial charge in [0, 0.05) is 16.6 Å². The van der Waals surface area contributed by atoms with Crippen LogP contribution in [0.2, 0.25) is 0 Å². The van der Waals surface area contributed by atoms with Gasteiger partial charge >= 0.3 is 0 Å². The fourth-order valence-electron chi connectivity index (χ4n) is 1.34. The summed E-state index contributed by atoms with van der Waals surface area (Å²) >= 11 is 3.43. The normalized spacial score (nSPS) is 9.33. The maximum Gasteiger partial charge on any atom is 0.149 e. The predicted octanol–water partition coefficient (Wildman–Crippen LogP) is 2.62. The van der Waals surface area contributed by atoms with Gasteiger partial charge in [-0.2, -0.15) is 0 Å². The Morgan fingerprint density at radius 2 is 2.20 bits per heavy atom. The molecule has 2 nitrogen and oxygen atoms in total. The van der Waals surface area contributed by atoms with Crippen LogP contribution in [0.4, 0.5) is 0 Å². The molecule has 0 aromatic heterocycles. The van der Waals surface area contributed by atoms with Crippen molar-refractivity contribution < 1.29 is 4.74 Å². The molecule has 0 unspecified atom stereocenters. The van der Waals surface area contributed by atoms with Crippen LogP contribution in [0.5, 0.6) is 5.75 Å². The molecular weight excluding hydrogens is 254 g/mol. The SMILES string of the molecule is CC#CCOc1c(C)cc(Br)cc1CN. The van der Waals surface area contributed by atoms with Crippen LogP contribution in [-0.4, -0.2) is 6.61 Å². The summed E-state index contributed by atoms with van der Waals surface area (Å²) in [6, 6.07) is 3.98. The van der Waals surface area contributed by atoms with Crippen LogP contribution in [0.25, 0.3) is 0 Å². The van der Waals surface area contributed by atoms with Gasteiger partial charge in [0.25, 0.3) is 0 Å². The first-order chi connectivity index (χ1) is 7.19. The van der Waals surface area contributed by atoms with E-state index in [1.165, 1.54) is 0 Å². The first-order valence-electron chi connectivity index (χ1n) is 4.70. The Kier molecular flexibility index (Phi) is 4.67. The summed E-state index contributed by atoms with van der Waals surface area (Å²) < 4.78 is 6.60. The standard InChI is InChI=1S/C12H14BrNO/c1-3-4-5-15-12-9(2)6-11(13)7-10(12)8-14/h6-7H,5,8,14H2,1-2H3. The number of ether oxygens (including phenoxy) is 1. The largest absolute Gasteiger partial charge is 0.480 e. The molecular formula is C12H14BrNO. The molecule has 0 bridgehead atoms. The summed E-state index contributed by atoms with van der Waals surface area (Å²) in [4.78, 5) is 0. The molecule has 15 heavy (non-hydrogen) atoms. The van der Waals surface area contributed by atoms with Gasteiger partial charge in [0.05, 0.1) is 0 Å². The first-order valence-corrected chi connectivity index (χ1v) is 5.49. The molecule has 0 saturated carbocycles. The molecule has 1 aromatic rings. The van der Waals surface area contributed by atoms with E-state index in [4.69, 9.17) is 10.5 Å². The van der Waals surface area contributed by atoms with Gasteiger partial charge in [-0.05, 0) is 31.5 Å². The van der Waals surface area contributed by atoms with E-state index in [1.807, 2.05) is 19.1 Å². The minimum atomic E-state index is 0.409. The lowest BCUT2D eigenvalue weighted by atomic mass is 10.1. The molecule has 0 aliphatic carbocycles. The lowest BCUT2D eigenvalue weighted by Gasteiger charge is -2.11. The van der Waals surface area contributed by atoms with Crippen molar-refractivity contribution in [3.63, 3.8) is 0 Å². The molecule has 1 aromatic carbocycles. The topological polar surface area (TPSA) is 35.2 Å². The van der Waals surface area contributed by atoms with Crippen molar-refractivity contribution in [3.8, 4) is 17.6 Å². The third-order valence-electron chi connectivity index (χ3n) is 2.00. The van der Waals surface area contributed by atoms with Gasteiger partial charge in [-0.3, -0.25) is 0 Å². The number of hydrogen-bond donors (Lipinski definition) is 1. The molecule has 0 aliphatic rings. The van der Waals surface area contributed by atoms with E-state index in [0.717, 1.165) is 21.3 Å². The summed E-state index contributed by atoms with van der Waals surface area (Å²) in [7, 11) is 0. The molecule has 0 heterocycles. The summed E-state index contributed by atoms with van der Waals surface area (Å²) in [5, 5.41) is 0. The maximum atomic E-state index is 5.66. The van der Waals surface area contributed by atoms with Crippen LogP contribution in [0.3, 0.4) is 0 Å². The average molecular weight is 268 g/mol. The molecule has 0 amide bonds. The van der Waals surface area contributed by atoms with Crippen LogP contribution in [0.15, 0.2) is 16.6 Å². The molecule has 0 saturated heterocycles. The number of halogens is 1. The minimum Gasteiger partial charge on any atom is -0.480 e. The van der Waals surface area contributed by atoms with E-state index in [1.54, 1.807) is 6.92 Å². The summed E-state index contributed by atoms with van der Waals surface area (Å²) in [6.45, 7) is 4.67. The zero-order chi connectivity index (χ0) is 11.3. The fourth-order valence-corrected chi connectivity index (χ4v) is 1.96. The van der Waals surface area contributed by atoms with Crippen molar-refractivity contribution in [2.75, 3.05) is 6.61 Å². The summed E-state index contributed by atoms with van der Waals surface area (Å²) in [6.07, 6.45) is 0. The van der Waals surface area contributed by atoms with E-state index in [9.17, 15) is 0 Å². The lowest BCUT2D eigenvalue weighted by Crippen LogP contribution is -2.04. The zero-order valence-electron chi connectivity index (χ0n) is 8.93. The molecule has 0 spiro atoms. The van der Waals surface area contributed by atoms with E-state index in [2.05, 4.69) is 27.8 Å². The third-order valence-corrected chi connectivity index (χ3v) is 2.46. The Hall–Kier alpha value is -0.980. The van der Waals surface area contributed by atoms with Crippen molar-refractivity contribution >= 4 is 15.9 Å². The molecule has 0 atom stereocenters. The second-order valence-electron chi connectivity index (χ2n) is 3.13. The predicted molar refractivity (Wildman–Crippen MR) is 65.7 cm³/mol. The highest BCUT2D eigenvalue weighted by Crippen LogP contribution is 2.27. The molecule has 2 N–H and O–H groups in total. The highest BCUT2D eigenvalue weighted by Gasteiger charge is 2.06.